The van der Waals surface area contributed by atoms with Crippen LogP contribution < -0.4 is 0 Å². The van der Waals surface area contributed by atoms with Gasteiger partial charge in [-0.3, -0.25) is 0 Å². The van der Waals surface area contributed by atoms with Crippen molar-refractivity contribution in [3.8, 4) is 45.1 Å². The molecule has 2 aliphatic heterocycles. The van der Waals surface area contributed by atoms with Crippen LogP contribution in [-0.4, -0.2) is 15.0 Å². The van der Waals surface area contributed by atoms with Crippen molar-refractivity contribution in [1.29, 1.82) is 0 Å². The molecule has 1 N–H and O–H groups in total. The third kappa shape index (κ3) is 4.60. The van der Waals surface area contributed by atoms with E-state index in [1.165, 1.54) is 3.57 Å². The van der Waals surface area contributed by atoms with Crippen molar-refractivity contribution in [2.75, 3.05) is 0 Å². The number of thiophene rings is 1. The van der Waals surface area contributed by atoms with Gasteiger partial charge in [-0.15, -0.1) is 11.3 Å². The van der Waals surface area contributed by atoms with Crippen molar-refractivity contribution in [3.63, 3.8) is 0 Å². The molecule has 0 atom stereocenters. The number of aromatic amines is 1. The third-order valence-corrected chi connectivity index (χ3v) is 9.90. The molecule has 8 heteroatoms. The van der Waals surface area contributed by atoms with Gasteiger partial charge in [-0.25, -0.2) is 9.97 Å². The van der Waals surface area contributed by atoms with E-state index in [0.717, 1.165) is 82.5 Å². The van der Waals surface area contributed by atoms with Crippen molar-refractivity contribution in [2.24, 2.45) is 0 Å². The minimum atomic E-state index is 0.710. The zero-order valence-electron chi connectivity index (χ0n) is 24.0. The first-order valence-corrected chi connectivity index (χ1v) is 16.5. The molecule has 6 aromatic heterocycles. The summed E-state index contributed by atoms with van der Waals surface area (Å²) < 4.78 is 21.2. The predicted octanol–water partition coefficient (Wildman–Crippen LogP) is 11.4. The average Bonchev–Trinajstić information content (AvgIpc) is 3.91. The second-order valence-electron chi connectivity index (χ2n) is 10.8. The van der Waals surface area contributed by atoms with Gasteiger partial charge >= 0.3 is 0 Å². The molecule has 7 aromatic rings. The maximum Gasteiger partial charge on any atom is 0.138 e. The summed E-state index contributed by atoms with van der Waals surface area (Å²) in [5, 5.41) is 0. The summed E-state index contributed by atoms with van der Waals surface area (Å²) in [6, 6.07) is 28.6. The summed E-state index contributed by atoms with van der Waals surface area (Å²) in [5.74, 6) is 2.18. The first-order chi connectivity index (χ1) is 22.7. The summed E-state index contributed by atoms with van der Waals surface area (Å²) in [6.45, 7) is 0. The van der Waals surface area contributed by atoms with E-state index in [0.29, 0.717) is 5.76 Å². The van der Waals surface area contributed by atoms with E-state index in [4.69, 9.17) is 23.2 Å². The van der Waals surface area contributed by atoms with Crippen LogP contribution in [0.3, 0.4) is 0 Å². The topological polar surface area (TPSA) is 81.0 Å². The molecule has 0 saturated carbocycles. The van der Waals surface area contributed by atoms with Gasteiger partial charge in [0.2, 0.25) is 0 Å². The number of fused-ring (bicyclic) bond motifs is 8. The molecule has 220 valence electrons. The Hall–Kier alpha value is -5.19. The molecular formula is C38H22IN3O3S. The van der Waals surface area contributed by atoms with Gasteiger partial charge in [0, 0.05) is 18.5 Å². The number of H-pyrrole nitrogens is 1. The van der Waals surface area contributed by atoms with E-state index in [1.807, 2.05) is 48.6 Å². The summed E-state index contributed by atoms with van der Waals surface area (Å²) in [6.07, 6.45) is 13.3. The van der Waals surface area contributed by atoms with Crippen molar-refractivity contribution in [1.82, 2.24) is 15.0 Å². The molecule has 46 heavy (non-hydrogen) atoms. The van der Waals surface area contributed by atoms with Crippen molar-refractivity contribution in [3.05, 3.63) is 130 Å². The highest BCUT2D eigenvalue weighted by molar-refractivity contribution is 14.1. The van der Waals surface area contributed by atoms with Gasteiger partial charge in [-0.1, -0.05) is 12.1 Å². The Morgan fingerprint density at radius 1 is 0.500 bits per heavy atom. The van der Waals surface area contributed by atoms with Gasteiger partial charge in [-0.05, 0) is 125 Å². The van der Waals surface area contributed by atoms with Gasteiger partial charge in [-0.2, -0.15) is 0 Å². The van der Waals surface area contributed by atoms with Crippen LogP contribution in [0.15, 0.2) is 117 Å². The molecule has 6 nitrogen and oxygen atoms in total. The number of rotatable bonds is 4. The molecule has 0 saturated heterocycles. The number of furan rings is 3. The van der Waals surface area contributed by atoms with E-state index in [-0.39, 0.29) is 0 Å². The van der Waals surface area contributed by atoms with Gasteiger partial charge in [0.25, 0.3) is 0 Å². The Bertz CT molecular complexity index is 2430. The van der Waals surface area contributed by atoms with Gasteiger partial charge in [0.05, 0.1) is 69.3 Å². The fourth-order valence-corrected chi connectivity index (χ4v) is 7.54. The van der Waals surface area contributed by atoms with Crippen molar-refractivity contribution in [2.45, 2.75) is 0 Å². The number of hydrogen-bond donors (Lipinski definition) is 1. The Morgan fingerprint density at radius 2 is 0.957 bits per heavy atom. The van der Waals surface area contributed by atoms with Crippen molar-refractivity contribution < 1.29 is 13.3 Å². The number of halogens is 1. The largest absolute Gasteiger partial charge is 0.464 e. The highest BCUT2D eigenvalue weighted by Gasteiger charge is 2.20. The quantitative estimate of drug-likeness (QED) is 0.183. The van der Waals surface area contributed by atoms with E-state index in [2.05, 4.69) is 88.3 Å². The lowest BCUT2D eigenvalue weighted by Crippen LogP contribution is -1.87. The lowest BCUT2D eigenvalue weighted by atomic mass is 10.0. The molecule has 2 aliphatic rings. The van der Waals surface area contributed by atoms with Crippen LogP contribution in [0, 0.1) is 3.57 Å². The summed E-state index contributed by atoms with van der Waals surface area (Å²) in [4.78, 5) is 14.1. The van der Waals surface area contributed by atoms with Gasteiger partial charge in [0.1, 0.15) is 17.3 Å². The molecule has 0 spiro atoms. The highest BCUT2D eigenvalue weighted by Crippen LogP contribution is 2.41. The molecule has 1 aromatic carbocycles. The molecule has 9 rings (SSSR count). The Balaban J connectivity index is 1.48. The van der Waals surface area contributed by atoms with Crippen LogP contribution in [0.25, 0.3) is 89.8 Å². The lowest BCUT2D eigenvalue weighted by molar-refractivity contribution is 0.582. The molecule has 0 amide bonds. The van der Waals surface area contributed by atoms with Gasteiger partial charge in [0.15, 0.2) is 0 Å². The van der Waals surface area contributed by atoms with E-state index >= 15 is 0 Å². The van der Waals surface area contributed by atoms with Crippen LogP contribution in [0.4, 0.5) is 0 Å². The second kappa shape index (κ2) is 11.0. The minimum Gasteiger partial charge on any atom is -0.464 e. The monoisotopic (exact) mass is 727 g/mol. The summed E-state index contributed by atoms with van der Waals surface area (Å²) >= 11 is 4.04. The smallest absolute Gasteiger partial charge is 0.138 e. The normalized spacial score (nSPS) is 12.3. The number of nitrogens with zero attached hydrogens (tertiary/aromatic N) is 2. The fourth-order valence-electron chi connectivity index (χ4n) is 6.04. The highest BCUT2D eigenvalue weighted by atomic mass is 127. The van der Waals surface area contributed by atoms with E-state index in [1.54, 1.807) is 30.1 Å². The first-order valence-electron chi connectivity index (χ1n) is 14.6. The molecular weight excluding hydrogens is 705 g/mol. The average molecular weight is 728 g/mol. The maximum absolute atomic E-state index is 6.00. The van der Waals surface area contributed by atoms with Crippen LogP contribution in [0.2, 0.25) is 0 Å². The zero-order valence-corrected chi connectivity index (χ0v) is 27.0. The molecule has 0 unspecified atom stereocenters. The summed E-state index contributed by atoms with van der Waals surface area (Å²) in [5.41, 5.74) is 9.81. The molecule has 8 bridgehead atoms. The Labute approximate surface area is 280 Å². The minimum absolute atomic E-state index is 0.710. The summed E-state index contributed by atoms with van der Waals surface area (Å²) in [7, 11) is 0. The number of benzene rings is 1. The first kappa shape index (κ1) is 27.1. The zero-order chi connectivity index (χ0) is 30.6. The van der Waals surface area contributed by atoms with E-state index < -0.39 is 0 Å². The van der Waals surface area contributed by atoms with Crippen LogP contribution in [0.5, 0.6) is 0 Å². The molecule has 0 radical (unpaired) electrons. The van der Waals surface area contributed by atoms with Crippen LogP contribution in [0.1, 0.15) is 22.8 Å². The standard InChI is InChI=1S/C38H22IN3O3S/c39-23-9-7-22(8-10-23)35-24-11-12-25(40-24)36(30-4-1-19-43-30)26-13-14-27(41-26)37(31-5-2-20-44-31)28-15-16-29(42-28)38(32-6-3-21-45-32)34-18-17-33(35)46-34/h1-21,41H. The van der Waals surface area contributed by atoms with Crippen LogP contribution in [-0.2, 0) is 0 Å². The number of nitrogens with one attached hydrogen (secondary N) is 1. The third-order valence-electron chi connectivity index (χ3n) is 8.06. The second-order valence-corrected chi connectivity index (χ2v) is 13.1. The van der Waals surface area contributed by atoms with Crippen molar-refractivity contribution >= 4 is 78.7 Å². The van der Waals surface area contributed by atoms with E-state index in [9.17, 15) is 0 Å². The Kier molecular flexibility index (Phi) is 6.50. The van der Waals surface area contributed by atoms with Gasteiger partial charge < -0.3 is 18.2 Å². The maximum atomic E-state index is 6.00. The SMILES string of the molecule is Ic1ccc(-c2c3nc(c(-c4ccco4)c4ccc([nH]4)c(-c4ccco4)c4nc(c(-c5ccco5)c5ccc2s5)C=C4)C=C3)cc1. The van der Waals surface area contributed by atoms with Crippen LogP contribution >= 0.6 is 33.9 Å². The number of hydrogen-bond acceptors (Lipinski definition) is 6. The Morgan fingerprint density at radius 3 is 1.46 bits per heavy atom. The fraction of sp³-hybridized carbons (Fsp3) is 0. The molecule has 0 aliphatic carbocycles. The molecule has 8 heterocycles. The predicted molar refractivity (Wildman–Crippen MR) is 194 cm³/mol. The molecule has 0 fully saturated rings. The lowest BCUT2D eigenvalue weighted by Gasteiger charge is -2.04. The number of aromatic nitrogens is 3.